The highest BCUT2D eigenvalue weighted by Crippen LogP contribution is 2.28. The molecule has 0 saturated carbocycles. The molecule has 0 spiro atoms. The fourth-order valence-corrected chi connectivity index (χ4v) is 1.88. The molecule has 1 aliphatic heterocycles. The topological polar surface area (TPSA) is 38.5 Å². The van der Waals surface area contributed by atoms with Crippen molar-refractivity contribution in [3.8, 4) is 0 Å². The van der Waals surface area contributed by atoms with Gasteiger partial charge in [0.25, 0.3) is 5.92 Å². The summed E-state index contributed by atoms with van der Waals surface area (Å²) in [6.45, 7) is 4.36. The molecule has 2 heterocycles. The van der Waals surface area contributed by atoms with Crippen LogP contribution < -0.4 is 0 Å². The zero-order valence-electron chi connectivity index (χ0n) is 9.95. The smallest absolute Gasteiger partial charge is 0.272 e. The van der Waals surface area contributed by atoms with Crippen LogP contribution in [0.4, 0.5) is 8.78 Å². The molecule has 2 rings (SSSR count). The fourth-order valence-electron chi connectivity index (χ4n) is 1.88. The zero-order valence-corrected chi connectivity index (χ0v) is 9.95. The van der Waals surface area contributed by atoms with Crippen molar-refractivity contribution < 1.29 is 18.0 Å². The normalized spacial score (nSPS) is 21.2. The molecule has 6 heteroatoms. The first-order chi connectivity index (χ1) is 8.00. The van der Waals surface area contributed by atoms with Crippen LogP contribution in [0.5, 0.6) is 0 Å². The van der Waals surface area contributed by atoms with E-state index in [2.05, 4.69) is 5.16 Å². The highest BCUT2D eigenvalue weighted by atomic mass is 19.3. The predicted molar refractivity (Wildman–Crippen MR) is 56.8 cm³/mol. The number of alkyl halides is 2. The fraction of sp³-hybridized carbons (Fsp3) is 0.727. The molecule has 0 bridgehead atoms. The van der Waals surface area contributed by atoms with E-state index < -0.39 is 5.92 Å². The van der Waals surface area contributed by atoms with Gasteiger partial charge in [0, 0.05) is 19.2 Å². The Morgan fingerprint density at radius 3 is 2.88 bits per heavy atom. The van der Waals surface area contributed by atoms with Crippen molar-refractivity contribution in [3.05, 3.63) is 17.5 Å². The molecule has 1 fully saturated rings. The number of rotatable bonds is 5. The van der Waals surface area contributed by atoms with Gasteiger partial charge in [-0.05, 0) is 13.8 Å². The Bertz CT molecular complexity index is 373. The molecular weight excluding hydrogens is 230 g/mol. The molecule has 0 N–H and O–H groups in total. The van der Waals surface area contributed by atoms with Gasteiger partial charge in [0.2, 0.25) is 0 Å². The van der Waals surface area contributed by atoms with Gasteiger partial charge in [-0.2, -0.15) is 0 Å². The van der Waals surface area contributed by atoms with Gasteiger partial charge in [0.05, 0.1) is 18.8 Å². The van der Waals surface area contributed by atoms with Crippen molar-refractivity contribution in [1.82, 2.24) is 10.1 Å². The van der Waals surface area contributed by atoms with Gasteiger partial charge in [-0.3, -0.25) is 4.90 Å². The average molecular weight is 246 g/mol. The van der Waals surface area contributed by atoms with E-state index in [4.69, 9.17) is 9.26 Å². The molecule has 1 aromatic heterocycles. The van der Waals surface area contributed by atoms with Gasteiger partial charge in [-0.25, -0.2) is 8.78 Å². The second-order valence-electron chi connectivity index (χ2n) is 4.32. The lowest BCUT2D eigenvalue weighted by molar-refractivity contribution is -0.134. The molecule has 1 unspecified atom stereocenters. The second kappa shape index (κ2) is 4.70. The number of ether oxygens (including phenoxy) is 1. The molecule has 1 atom stereocenters. The molecule has 1 aromatic rings. The monoisotopic (exact) mass is 246 g/mol. The summed E-state index contributed by atoms with van der Waals surface area (Å²) in [5.41, 5.74) is 0.669. The number of hydrogen-bond donors (Lipinski definition) is 0. The van der Waals surface area contributed by atoms with Crippen molar-refractivity contribution in [2.75, 3.05) is 19.7 Å². The highest BCUT2D eigenvalue weighted by Gasteiger charge is 2.43. The van der Waals surface area contributed by atoms with Crippen LogP contribution in [-0.2, 0) is 11.3 Å². The minimum Gasteiger partial charge on any atom is -0.371 e. The van der Waals surface area contributed by atoms with Crippen LogP contribution in [0.25, 0.3) is 0 Å². The van der Waals surface area contributed by atoms with E-state index in [-0.39, 0.29) is 19.2 Å². The Balaban J connectivity index is 1.86. The minimum atomic E-state index is -2.54. The Morgan fingerprint density at radius 2 is 2.29 bits per heavy atom. The maximum absolute atomic E-state index is 12.6. The lowest BCUT2D eigenvalue weighted by Gasteiger charge is -2.37. The van der Waals surface area contributed by atoms with Crippen LogP contribution >= 0.6 is 0 Å². The number of likely N-dealkylation sites (tertiary alicyclic amines) is 1. The Kier molecular flexibility index (Phi) is 3.44. The summed E-state index contributed by atoms with van der Waals surface area (Å²) < 4.78 is 35.7. The maximum Gasteiger partial charge on any atom is 0.272 e. The van der Waals surface area contributed by atoms with E-state index >= 15 is 0 Å². The van der Waals surface area contributed by atoms with E-state index in [0.29, 0.717) is 24.6 Å². The van der Waals surface area contributed by atoms with E-state index in [1.807, 2.05) is 13.8 Å². The van der Waals surface area contributed by atoms with Crippen LogP contribution in [0.3, 0.4) is 0 Å². The average Bonchev–Trinajstić information content (AvgIpc) is 2.64. The molecule has 4 nitrogen and oxygen atoms in total. The van der Waals surface area contributed by atoms with Gasteiger partial charge in [0.1, 0.15) is 6.10 Å². The minimum absolute atomic E-state index is 0.154. The van der Waals surface area contributed by atoms with E-state index in [9.17, 15) is 8.78 Å². The van der Waals surface area contributed by atoms with Crippen LogP contribution in [0.2, 0.25) is 0 Å². The van der Waals surface area contributed by atoms with Gasteiger partial charge in [0.15, 0.2) is 5.76 Å². The highest BCUT2D eigenvalue weighted by molar-refractivity contribution is 5.08. The van der Waals surface area contributed by atoms with Crippen LogP contribution in [-0.4, -0.2) is 35.7 Å². The SMILES string of the molecule is CCOC(C)c1cc(CN2CC(F)(F)C2)no1. The lowest BCUT2D eigenvalue weighted by Crippen LogP contribution is -2.55. The standard InChI is InChI=1S/C11H16F2N2O2/c1-3-16-8(2)10-4-9(14-17-10)5-15-6-11(12,13)7-15/h4,8H,3,5-7H2,1-2H3. The summed E-state index contributed by atoms with van der Waals surface area (Å²) in [6.07, 6.45) is -0.154. The molecule has 1 saturated heterocycles. The summed E-state index contributed by atoms with van der Waals surface area (Å²) in [5, 5.41) is 3.85. The van der Waals surface area contributed by atoms with E-state index in [1.54, 1.807) is 11.0 Å². The third-order valence-electron chi connectivity index (χ3n) is 2.69. The number of aromatic nitrogens is 1. The zero-order chi connectivity index (χ0) is 12.5. The molecule has 0 aromatic carbocycles. The first-order valence-corrected chi connectivity index (χ1v) is 5.67. The van der Waals surface area contributed by atoms with E-state index in [0.717, 1.165) is 0 Å². The van der Waals surface area contributed by atoms with Crippen molar-refractivity contribution >= 4 is 0 Å². The summed E-state index contributed by atoms with van der Waals surface area (Å²) in [5.74, 6) is -1.90. The van der Waals surface area contributed by atoms with Crippen LogP contribution in [0, 0.1) is 0 Å². The van der Waals surface area contributed by atoms with Crippen LogP contribution in [0.15, 0.2) is 10.6 Å². The van der Waals surface area contributed by atoms with Crippen LogP contribution in [0.1, 0.15) is 31.4 Å². The van der Waals surface area contributed by atoms with Crippen molar-refractivity contribution in [2.24, 2.45) is 0 Å². The summed E-state index contributed by atoms with van der Waals surface area (Å²) >= 11 is 0. The van der Waals surface area contributed by atoms with Gasteiger partial charge >= 0.3 is 0 Å². The summed E-state index contributed by atoms with van der Waals surface area (Å²) in [6, 6.07) is 1.76. The van der Waals surface area contributed by atoms with Gasteiger partial charge in [-0.1, -0.05) is 5.16 Å². The quantitative estimate of drug-likeness (QED) is 0.798. The molecular formula is C11H16F2N2O2. The van der Waals surface area contributed by atoms with Gasteiger partial charge in [-0.15, -0.1) is 0 Å². The number of halogens is 2. The molecule has 0 amide bonds. The van der Waals surface area contributed by atoms with Crippen molar-refractivity contribution in [1.29, 1.82) is 0 Å². The summed E-state index contributed by atoms with van der Waals surface area (Å²) in [4.78, 5) is 1.63. The van der Waals surface area contributed by atoms with Crippen molar-refractivity contribution in [2.45, 2.75) is 32.4 Å². The van der Waals surface area contributed by atoms with Gasteiger partial charge < -0.3 is 9.26 Å². The Labute approximate surface area is 98.5 Å². The first-order valence-electron chi connectivity index (χ1n) is 5.67. The molecule has 1 aliphatic rings. The molecule has 0 radical (unpaired) electrons. The first kappa shape index (κ1) is 12.4. The van der Waals surface area contributed by atoms with Crippen molar-refractivity contribution in [3.63, 3.8) is 0 Å². The van der Waals surface area contributed by atoms with E-state index in [1.165, 1.54) is 0 Å². The number of hydrogen-bond acceptors (Lipinski definition) is 4. The lowest BCUT2D eigenvalue weighted by atomic mass is 10.1. The Hall–Kier alpha value is -1.01. The second-order valence-corrected chi connectivity index (χ2v) is 4.32. The molecule has 0 aliphatic carbocycles. The Morgan fingerprint density at radius 1 is 1.59 bits per heavy atom. The summed E-state index contributed by atoms with van der Waals surface area (Å²) in [7, 11) is 0. The molecule has 96 valence electrons. The molecule has 17 heavy (non-hydrogen) atoms. The largest absolute Gasteiger partial charge is 0.371 e. The predicted octanol–water partition coefficient (Wildman–Crippen LogP) is 2.22. The third-order valence-corrected chi connectivity index (χ3v) is 2.69. The maximum atomic E-state index is 12.6. The third kappa shape index (κ3) is 3.01. The number of nitrogens with zero attached hydrogens (tertiary/aromatic N) is 2.